The van der Waals surface area contributed by atoms with Crippen LogP contribution in [0.25, 0.3) is 0 Å². The van der Waals surface area contributed by atoms with Crippen LogP contribution in [0.1, 0.15) is 29.4 Å². The fourth-order valence-corrected chi connectivity index (χ4v) is 2.44. The molecule has 0 fully saturated rings. The van der Waals surface area contributed by atoms with Crippen LogP contribution < -0.4 is 5.73 Å². The molecule has 0 spiro atoms. The van der Waals surface area contributed by atoms with E-state index in [0.29, 0.717) is 6.42 Å². The maximum Gasteiger partial charge on any atom is 0.0960 e. The molecule has 1 aromatic rings. The molecule has 0 radical (unpaired) electrons. The van der Waals surface area contributed by atoms with Gasteiger partial charge in [-0.3, -0.25) is 0 Å². The van der Waals surface area contributed by atoms with Crippen molar-refractivity contribution in [2.24, 2.45) is 11.7 Å². The molecule has 1 atom stereocenters. The van der Waals surface area contributed by atoms with E-state index in [1.54, 1.807) is 11.3 Å². The van der Waals surface area contributed by atoms with E-state index in [1.807, 2.05) is 27.7 Å². The van der Waals surface area contributed by atoms with Crippen molar-refractivity contribution >= 4 is 11.3 Å². The standard InChI is InChI=1S/C11H20N2OS/c1-7(2)11(14,6-12)5-10-13-8(3)9(4)15-10/h7,14H,5-6,12H2,1-4H3. The van der Waals surface area contributed by atoms with Gasteiger partial charge in [0.25, 0.3) is 0 Å². The zero-order valence-electron chi connectivity index (χ0n) is 9.87. The lowest BCUT2D eigenvalue weighted by Gasteiger charge is -2.29. The Hall–Kier alpha value is -0.450. The number of nitrogens with two attached hydrogens (primary N) is 1. The average Bonchev–Trinajstić information content (AvgIpc) is 2.45. The fourth-order valence-electron chi connectivity index (χ4n) is 1.39. The Labute approximate surface area is 95.3 Å². The average molecular weight is 228 g/mol. The molecular formula is C11H20N2OS. The lowest BCUT2D eigenvalue weighted by molar-refractivity contribution is 0.00403. The molecule has 0 aliphatic carbocycles. The Balaban J connectivity index is 2.84. The zero-order chi connectivity index (χ0) is 11.6. The second-order valence-corrected chi connectivity index (χ2v) is 5.68. The molecule has 0 bridgehead atoms. The molecule has 1 rings (SSSR count). The van der Waals surface area contributed by atoms with Gasteiger partial charge in [-0.15, -0.1) is 11.3 Å². The normalized spacial score (nSPS) is 15.7. The van der Waals surface area contributed by atoms with Crippen molar-refractivity contribution in [3.8, 4) is 0 Å². The number of thiazole rings is 1. The second kappa shape index (κ2) is 4.60. The molecule has 15 heavy (non-hydrogen) atoms. The topological polar surface area (TPSA) is 59.1 Å². The van der Waals surface area contributed by atoms with Gasteiger partial charge in [0.2, 0.25) is 0 Å². The lowest BCUT2D eigenvalue weighted by Crippen LogP contribution is -2.44. The third kappa shape index (κ3) is 2.77. The quantitative estimate of drug-likeness (QED) is 0.824. The first-order valence-electron chi connectivity index (χ1n) is 5.24. The summed E-state index contributed by atoms with van der Waals surface area (Å²) in [5, 5.41) is 11.3. The molecule has 0 aromatic carbocycles. The van der Waals surface area contributed by atoms with Crippen LogP contribution in [0.3, 0.4) is 0 Å². The third-order valence-corrected chi connectivity index (χ3v) is 4.03. The maximum atomic E-state index is 10.3. The predicted molar refractivity (Wildman–Crippen MR) is 64.1 cm³/mol. The van der Waals surface area contributed by atoms with E-state index < -0.39 is 5.60 Å². The van der Waals surface area contributed by atoms with Crippen molar-refractivity contribution in [2.75, 3.05) is 6.54 Å². The van der Waals surface area contributed by atoms with Crippen LogP contribution in [-0.2, 0) is 6.42 Å². The van der Waals surface area contributed by atoms with E-state index in [2.05, 4.69) is 4.98 Å². The minimum atomic E-state index is -0.823. The maximum absolute atomic E-state index is 10.3. The fraction of sp³-hybridized carbons (Fsp3) is 0.727. The number of hydrogen-bond donors (Lipinski definition) is 2. The van der Waals surface area contributed by atoms with Crippen LogP contribution in [-0.4, -0.2) is 22.2 Å². The van der Waals surface area contributed by atoms with E-state index in [1.165, 1.54) is 4.88 Å². The van der Waals surface area contributed by atoms with Crippen molar-refractivity contribution < 1.29 is 5.11 Å². The van der Waals surface area contributed by atoms with Crippen molar-refractivity contribution in [1.82, 2.24) is 4.98 Å². The summed E-state index contributed by atoms with van der Waals surface area (Å²) in [5.74, 6) is 0.145. The number of rotatable bonds is 4. The second-order valence-electron chi connectivity index (χ2n) is 4.39. The van der Waals surface area contributed by atoms with Crippen LogP contribution in [0.2, 0.25) is 0 Å². The van der Waals surface area contributed by atoms with Crippen molar-refractivity contribution in [1.29, 1.82) is 0 Å². The molecule has 1 aromatic heterocycles. The summed E-state index contributed by atoms with van der Waals surface area (Å²) >= 11 is 1.65. The van der Waals surface area contributed by atoms with Gasteiger partial charge in [-0.05, 0) is 19.8 Å². The molecule has 0 saturated heterocycles. The summed E-state index contributed by atoms with van der Waals surface area (Å²) in [6, 6.07) is 0. The van der Waals surface area contributed by atoms with E-state index in [9.17, 15) is 5.11 Å². The molecular weight excluding hydrogens is 208 g/mol. The minimum Gasteiger partial charge on any atom is -0.388 e. The van der Waals surface area contributed by atoms with Crippen molar-refractivity contribution in [3.05, 3.63) is 15.6 Å². The first-order valence-corrected chi connectivity index (χ1v) is 6.06. The molecule has 1 heterocycles. The van der Waals surface area contributed by atoms with Gasteiger partial charge >= 0.3 is 0 Å². The van der Waals surface area contributed by atoms with Gasteiger partial charge in [0.15, 0.2) is 0 Å². The summed E-state index contributed by atoms with van der Waals surface area (Å²) < 4.78 is 0. The zero-order valence-corrected chi connectivity index (χ0v) is 10.7. The number of aryl methyl sites for hydroxylation is 2. The largest absolute Gasteiger partial charge is 0.388 e. The Morgan fingerprint density at radius 1 is 1.47 bits per heavy atom. The Bertz CT molecular complexity index is 316. The summed E-state index contributed by atoms with van der Waals surface area (Å²) in [6.07, 6.45) is 0.556. The summed E-state index contributed by atoms with van der Waals surface area (Å²) in [6.45, 7) is 8.29. The predicted octanol–water partition coefficient (Wildman–Crippen LogP) is 1.65. The molecule has 3 nitrogen and oxygen atoms in total. The smallest absolute Gasteiger partial charge is 0.0960 e. The minimum absolute atomic E-state index is 0.145. The van der Waals surface area contributed by atoms with Gasteiger partial charge in [0.1, 0.15) is 0 Å². The first kappa shape index (κ1) is 12.6. The first-order chi connectivity index (χ1) is 6.89. The number of aliphatic hydroxyl groups is 1. The summed E-state index contributed by atoms with van der Waals surface area (Å²) in [5.41, 5.74) is 5.86. The van der Waals surface area contributed by atoms with Crippen LogP contribution in [0.15, 0.2) is 0 Å². The van der Waals surface area contributed by atoms with Gasteiger partial charge in [-0.2, -0.15) is 0 Å². The van der Waals surface area contributed by atoms with Crippen LogP contribution in [0.5, 0.6) is 0 Å². The van der Waals surface area contributed by atoms with E-state index >= 15 is 0 Å². The van der Waals surface area contributed by atoms with Gasteiger partial charge in [-0.25, -0.2) is 4.98 Å². The molecule has 4 heteroatoms. The van der Waals surface area contributed by atoms with Gasteiger partial charge in [-0.1, -0.05) is 13.8 Å². The monoisotopic (exact) mass is 228 g/mol. The van der Waals surface area contributed by atoms with Gasteiger partial charge in [0, 0.05) is 17.8 Å². The summed E-state index contributed by atoms with van der Waals surface area (Å²) in [4.78, 5) is 5.64. The van der Waals surface area contributed by atoms with Gasteiger partial charge < -0.3 is 10.8 Å². The Morgan fingerprint density at radius 2 is 2.07 bits per heavy atom. The highest BCUT2D eigenvalue weighted by molar-refractivity contribution is 7.11. The molecule has 86 valence electrons. The summed E-state index contributed by atoms with van der Waals surface area (Å²) in [7, 11) is 0. The molecule has 3 N–H and O–H groups in total. The molecule has 0 amide bonds. The lowest BCUT2D eigenvalue weighted by atomic mass is 9.87. The van der Waals surface area contributed by atoms with E-state index in [4.69, 9.17) is 5.73 Å². The number of hydrogen-bond acceptors (Lipinski definition) is 4. The highest BCUT2D eigenvalue weighted by Crippen LogP contribution is 2.25. The Kier molecular flexibility index (Phi) is 3.87. The van der Waals surface area contributed by atoms with Crippen molar-refractivity contribution in [3.63, 3.8) is 0 Å². The van der Waals surface area contributed by atoms with E-state index in [-0.39, 0.29) is 12.5 Å². The number of nitrogens with zero attached hydrogens (tertiary/aromatic N) is 1. The molecule has 0 aliphatic rings. The van der Waals surface area contributed by atoms with Crippen LogP contribution in [0.4, 0.5) is 0 Å². The molecule has 0 saturated carbocycles. The Morgan fingerprint density at radius 3 is 2.40 bits per heavy atom. The van der Waals surface area contributed by atoms with E-state index in [0.717, 1.165) is 10.7 Å². The highest BCUT2D eigenvalue weighted by atomic mass is 32.1. The highest BCUT2D eigenvalue weighted by Gasteiger charge is 2.30. The van der Waals surface area contributed by atoms with Crippen molar-refractivity contribution in [2.45, 2.75) is 39.7 Å². The van der Waals surface area contributed by atoms with Gasteiger partial charge in [0.05, 0.1) is 16.3 Å². The SMILES string of the molecule is Cc1nc(CC(O)(CN)C(C)C)sc1C. The molecule has 0 aliphatic heterocycles. The van der Waals surface area contributed by atoms with Crippen LogP contribution >= 0.6 is 11.3 Å². The molecule has 1 unspecified atom stereocenters. The number of aromatic nitrogens is 1. The third-order valence-electron chi connectivity index (χ3n) is 2.96. The van der Waals surface area contributed by atoms with Crippen LogP contribution in [0, 0.1) is 19.8 Å².